The molecule has 4 rings (SSSR count). The van der Waals surface area contributed by atoms with E-state index in [0.29, 0.717) is 34.5 Å². The first-order chi connectivity index (χ1) is 15.6. The van der Waals surface area contributed by atoms with Gasteiger partial charge in [0.05, 0.1) is 16.3 Å². The number of fused-ring (bicyclic) bond motifs is 1. The Hall–Kier alpha value is -3.46. The van der Waals surface area contributed by atoms with Gasteiger partial charge in [0.25, 0.3) is 10.0 Å². The monoisotopic (exact) mass is 466 g/mol. The smallest absolute Gasteiger partial charge is 0.262 e. The Morgan fingerprint density at radius 2 is 1.82 bits per heavy atom. The van der Waals surface area contributed by atoms with E-state index in [9.17, 15) is 18.0 Å². The minimum absolute atomic E-state index is 0.0625. The van der Waals surface area contributed by atoms with Gasteiger partial charge in [-0.3, -0.25) is 14.3 Å². The highest BCUT2D eigenvalue weighted by atomic mass is 32.2. The number of amides is 1. The van der Waals surface area contributed by atoms with Crippen molar-refractivity contribution < 1.29 is 18.0 Å². The number of hydrogen-bond donors (Lipinski definition) is 2. The number of nitrogens with zero attached hydrogens (tertiary/aromatic N) is 2. The zero-order valence-corrected chi connectivity index (χ0v) is 19.8. The molecule has 33 heavy (non-hydrogen) atoms. The molecule has 0 atom stereocenters. The normalized spacial score (nSPS) is 13.9. The number of anilines is 2. The average molecular weight is 467 g/mol. The summed E-state index contributed by atoms with van der Waals surface area (Å²) >= 11 is 0. The predicted molar refractivity (Wildman–Crippen MR) is 127 cm³/mol. The Bertz CT molecular complexity index is 1390. The first-order valence-electron chi connectivity index (χ1n) is 10.8. The molecule has 172 valence electrons. The molecule has 1 amide bonds. The van der Waals surface area contributed by atoms with E-state index in [1.54, 1.807) is 32.0 Å². The Labute approximate surface area is 193 Å². The summed E-state index contributed by atoms with van der Waals surface area (Å²) in [5, 5.41) is 7.06. The topological polar surface area (TPSA) is 110 Å². The van der Waals surface area contributed by atoms with Crippen LogP contribution >= 0.6 is 0 Å². The number of carbonyl (C=O) groups is 2. The molecule has 0 unspecified atom stereocenters. The molecule has 0 radical (unpaired) electrons. The largest absolute Gasteiger partial charge is 0.310 e. The molecule has 8 nitrogen and oxygen atoms in total. The molecule has 2 N–H and O–H groups in total. The van der Waals surface area contributed by atoms with E-state index in [1.807, 2.05) is 32.0 Å². The Balaban J connectivity index is 1.82. The van der Waals surface area contributed by atoms with E-state index in [2.05, 4.69) is 15.1 Å². The lowest BCUT2D eigenvalue weighted by Gasteiger charge is -2.16. The van der Waals surface area contributed by atoms with Gasteiger partial charge in [-0.15, -0.1) is 0 Å². The molecule has 1 aliphatic rings. The van der Waals surface area contributed by atoms with Crippen molar-refractivity contribution in [3.8, 4) is 11.1 Å². The number of rotatable bonds is 5. The van der Waals surface area contributed by atoms with Crippen LogP contribution in [0.25, 0.3) is 11.1 Å². The van der Waals surface area contributed by atoms with Crippen LogP contribution in [0.5, 0.6) is 0 Å². The van der Waals surface area contributed by atoms with Gasteiger partial charge in [0, 0.05) is 18.4 Å². The lowest BCUT2D eigenvalue weighted by Crippen LogP contribution is -2.16. The van der Waals surface area contributed by atoms with Crippen molar-refractivity contribution in [2.75, 3.05) is 10.0 Å². The fourth-order valence-corrected chi connectivity index (χ4v) is 5.54. The van der Waals surface area contributed by atoms with Gasteiger partial charge in [-0.1, -0.05) is 37.3 Å². The van der Waals surface area contributed by atoms with Crippen LogP contribution in [0.15, 0.2) is 41.3 Å². The third-order valence-corrected chi connectivity index (χ3v) is 7.35. The molecule has 1 aromatic heterocycles. The molecular weight excluding hydrogens is 440 g/mol. The maximum atomic E-state index is 13.4. The summed E-state index contributed by atoms with van der Waals surface area (Å²) in [6.07, 6.45) is 0.829. The molecule has 0 aliphatic carbocycles. The lowest BCUT2D eigenvalue weighted by atomic mass is 10.0. The molecule has 2 aromatic carbocycles. The van der Waals surface area contributed by atoms with Crippen molar-refractivity contribution in [1.29, 1.82) is 0 Å². The first kappa shape index (κ1) is 22.7. The number of carbonyl (C=O) groups excluding carboxylic acids is 2. The highest BCUT2D eigenvalue weighted by molar-refractivity contribution is 7.92. The van der Waals surface area contributed by atoms with Crippen LogP contribution in [0.2, 0.25) is 0 Å². The zero-order chi connectivity index (χ0) is 23.9. The van der Waals surface area contributed by atoms with E-state index in [0.717, 1.165) is 11.1 Å². The molecule has 0 spiro atoms. The number of para-hydroxylation sites is 1. The Morgan fingerprint density at radius 1 is 1.06 bits per heavy atom. The first-order valence-corrected chi connectivity index (χ1v) is 12.3. The summed E-state index contributed by atoms with van der Waals surface area (Å²) in [7, 11) is -3.91. The molecule has 3 aromatic rings. The van der Waals surface area contributed by atoms with Crippen LogP contribution in [0.1, 0.15) is 46.9 Å². The van der Waals surface area contributed by atoms with Crippen molar-refractivity contribution >= 4 is 33.3 Å². The molecule has 0 saturated carbocycles. The van der Waals surface area contributed by atoms with Crippen molar-refractivity contribution in [3.63, 3.8) is 0 Å². The van der Waals surface area contributed by atoms with E-state index >= 15 is 0 Å². The minimum Gasteiger partial charge on any atom is -0.310 e. The third kappa shape index (κ3) is 4.16. The van der Waals surface area contributed by atoms with Crippen LogP contribution in [0.4, 0.5) is 11.5 Å². The molecule has 1 aliphatic heterocycles. The van der Waals surface area contributed by atoms with Crippen molar-refractivity contribution in [2.24, 2.45) is 0 Å². The minimum atomic E-state index is -3.91. The highest BCUT2D eigenvalue weighted by Crippen LogP contribution is 2.35. The summed E-state index contributed by atoms with van der Waals surface area (Å²) in [5.74, 6) is -0.296. The van der Waals surface area contributed by atoms with Crippen LogP contribution in [-0.2, 0) is 21.2 Å². The van der Waals surface area contributed by atoms with Gasteiger partial charge in [-0.05, 0) is 55.5 Å². The quantitative estimate of drug-likeness (QED) is 0.585. The molecular formula is C24H26N4O4S. The van der Waals surface area contributed by atoms with Crippen LogP contribution in [0.3, 0.4) is 0 Å². The second-order valence-corrected chi connectivity index (χ2v) is 9.86. The number of sulfonamides is 1. The van der Waals surface area contributed by atoms with Crippen LogP contribution in [0, 0.1) is 20.8 Å². The summed E-state index contributed by atoms with van der Waals surface area (Å²) in [6, 6.07) is 10.7. The maximum absolute atomic E-state index is 13.4. The highest BCUT2D eigenvalue weighted by Gasteiger charge is 2.27. The van der Waals surface area contributed by atoms with E-state index < -0.39 is 10.0 Å². The SMILES string of the molecule is CCc1cccc(C)c1NS(=O)(=O)c1cc(-c2c(C)nn3c2NC(=O)CCC3=O)ccc1C. The number of aryl methyl sites for hydroxylation is 4. The number of hydrogen-bond acceptors (Lipinski definition) is 5. The average Bonchev–Trinajstić information content (AvgIpc) is 3.02. The van der Waals surface area contributed by atoms with Gasteiger partial charge < -0.3 is 5.32 Å². The molecule has 0 bridgehead atoms. The number of nitrogens with one attached hydrogen (secondary N) is 2. The van der Waals surface area contributed by atoms with Gasteiger partial charge in [0.2, 0.25) is 11.8 Å². The van der Waals surface area contributed by atoms with Crippen LogP contribution < -0.4 is 10.0 Å². The fraction of sp³-hybridized carbons (Fsp3) is 0.292. The summed E-state index contributed by atoms with van der Waals surface area (Å²) in [5.41, 5.74) is 4.51. The number of aromatic nitrogens is 2. The number of benzene rings is 2. The summed E-state index contributed by atoms with van der Waals surface area (Å²) in [4.78, 5) is 24.7. The molecule has 2 heterocycles. The standard InChI is InChI=1S/C24H26N4O4S/c1-5-17-8-6-7-15(3)23(17)27-33(31,32)19-13-18(10-9-14(19)2)22-16(4)26-28-21(30)12-11-20(29)25-24(22)28/h6-10,13,27H,5,11-12H2,1-4H3,(H,25,29). The second-order valence-electron chi connectivity index (χ2n) is 8.21. The fourth-order valence-electron chi connectivity index (χ4n) is 4.09. The van der Waals surface area contributed by atoms with Crippen LogP contribution in [-0.4, -0.2) is 30.0 Å². The molecule has 0 saturated heterocycles. The second kappa shape index (κ2) is 8.47. The summed E-state index contributed by atoms with van der Waals surface area (Å²) in [6.45, 7) is 7.30. The predicted octanol–water partition coefficient (Wildman–Crippen LogP) is 4.21. The summed E-state index contributed by atoms with van der Waals surface area (Å²) < 4.78 is 30.8. The van der Waals surface area contributed by atoms with Crippen molar-refractivity contribution in [3.05, 3.63) is 58.8 Å². The van der Waals surface area contributed by atoms with E-state index in [1.165, 1.54) is 4.68 Å². The van der Waals surface area contributed by atoms with E-state index in [-0.39, 0.29) is 35.4 Å². The third-order valence-electron chi connectivity index (χ3n) is 5.86. The Kier molecular flexibility index (Phi) is 5.84. The van der Waals surface area contributed by atoms with Crippen molar-refractivity contribution in [2.45, 2.75) is 51.9 Å². The van der Waals surface area contributed by atoms with Crippen molar-refractivity contribution in [1.82, 2.24) is 9.78 Å². The van der Waals surface area contributed by atoms with Gasteiger partial charge >= 0.3 is 0 Å². The van der Waals surface area contributed by atoms with Gasteiger partial charge in [-0.25, -0.2) is 8.42 Å². The molecule has 0 fully saturated rings. The Morgan fingerprint density at radius 3 is 2.55 bits per heavy atom. The van der Waals surface area contributed by atoms with E-state index in [4.69, 9.17) is 0 Å². The lowest BCUT2D eigenvalue weighted by molar-refractivity contribution is -0.116. The maximum Gasteiger partial charge on any atom is 0.262 e. The van der Waals surface area contributed by atoms with Gasteiger partial charge in [0.15, 0.2) is 0 Å². The van der Waals surface area contributed by atoms with Gasteiger partial charge in [0.1, 0.15) is 5.82 Å². The zero-order valence-electron chi connectivity index (χ0n) is 19.0. The van der Waals surface area contributed by atoms with Gasteiger partial charge in [-0.2, -0.15) is 9.78 Å². The molecule has 9 heteroatoms.